The molecule has 0 atom stereocenters. The van der Waals surface area contributed by atoms with Crippen LogP contribution >= 0.6 is 0 Å². The van der Waals surface area contributed by atoms with E-state index in [9.17, 15) is 19.5 Å². The van der Waals surface area contributed by atoms with Crippen LogP contribution in [0.25, 0.3) is 11.0 Å². The number of phenols is 1. The molecule has 0 spiro atoms. The van der Waals surface area contributed by atoms with Gasteiger partial charge in [-0.15, -0.1) is 0 Å². The fourth-order valence-electron chi connectivity index (χ4n) is 5.29. The van der Waals surface area contributed by atoms with E-state index in [1.54, 1.807) is 63.2 Å². The average Bonchev–Trinajstić information content (AvgIpc) is 3.74. The van der Waals surface area contributed by atoms with E-state index in [1.165, 1.54) is 13.2 Å². The Labute approximate surface area is 284 Å². The summed E-state index contributed by atoms with van der Waals surface area (Å²) in [5.74, 6) is -0.415. The van der Waals surface area contributed by atoms with Crippen molar-refractivity contribution < 1.29 is 52.4 Å². The molecule has 5 rings (SSSR count). The molecule has 4 aromatic rings. The number of benzene rings is 3. The Kier molecular flexibility index (Phi) is 11.4. The second kappa shape index (κ2) is 15.9. The van der Waals surface area contributed by atoms with Gasteiger partial charge in [0.2, 0.25) is 6.79 Å². The van der Waals surface area contributed by atoms with E-state index in [1.807, 2.05) is 6.07 Å². The number of esters is 2. The van der Waals surface area contributed by atoms with Gasteiger partial charge in [0, 0.05) is 25.2 Å². The van der Waals surface area contributed by atoms with Gasteiger partial charge in [-0.25, -0.2) is 0 Å². The van der Waals surface area contributed by atoms with Gasteiger partial charge in [0.25, 0.3) is 5.88 Å². The van der Waals surface area contributed by atoms with Crippen molar-refractivity contribution in [2.24, 2.45) is 5.41 Å². The number of carbonyl (C=O) groups excluding carboxylic acids is 3. The Hall–Kier alpha value is -5.10. The van der Waals surface area contributed by atoms with Crippen LogP contribution in [-0.4, -0.2) is 54.8 Å². The summed E-state index contributed by atoms with van der Waals surface area (Å²) in [6, 6.07) is 15.0. The number of rotatable bonds is 15. The Bertz CT molecular complexity index is 1780. The molecule has 1 aromatic heterocycles. The van der Waals surface area contributed by atoms with Crippen molar-refractivity contribution in [3.05, 3.63) is 76.9 Å². The summed E-state index contributed by atoms with van der Waals surface area (Å²) in [5, 5.41) is 15.4. The van der Waals surface area contributed by atoms with Crippen LogP contribution in [0.2, 0.25) is 0 Å². The first-order valence-electron chi connectivity index (χ1n) is 16.1. The summed E-state index contributed by atoms with van der Waals surface area (Å²) in [4.78, 5) is 38.1. The number of aryl methyl sites for hydroxylation is 1. The Balaban J connectivity index is 1.31. The highest BCUT2D eigenvalue weighted by molar-refractivity contribution is 6.11. The summed E-state index contributed by atoms with van der Waals surface area (Å²) < 4.78 is 38.0. The molecule has 0 unspecified atom stereocenters. The molecular weight excluding hydrogens is 634 g/mol. The molecule has 3 aromatic carbocycles. The molecule has 1 fully saturated rings. The van der Waals surface area contributed by atoms with Crippen molar-refractivity contribution in [3.63, 3.8) is 0 Å². The number of nitrogens with zero attached hydrogens (tertiary/aromatic N) is 1. The lowest BCUT2D eigenvalue weighted by molar-refractivity contribution is -0.173. The van der Waals surface area contributed by atoms with E-state index in [-0.39, 0.29) is 43.7 Å². The summed E-state index contributed by atoms with van der Waals surface area (Å²) in [7, 11) is 1.51. The molecule has 260 valence electrons. The van der Waals surface area contributed by atoms with Gasteiger partial charge in [0.05, 0.1) is 22.5 Å². The SMILES string of the molecule is COCOc1noc2cc(COc3ccc(C(=O)c4ccc(OC5CCCC5)cc4O)cc3CCC(=O)OCOC(=O)C(C)(C)C)ccc12. The van der Waals surface area contributed by atoms with Crippen LogP contribution in [0.1, 0.15) is 79.9 Å². The van der Waals surface area contributed by atoms with Gasteiger partial charge < -0.3 is 38.1 Å². The summed E-state index contributed by atoms with van der Waals surface area (Å²) >= 11 is 0. The fraction of sp³-hybridized carbons (Fsp3) is 0.405. The highest BCUT2D eigenvalue weighted by atomic mass is 16.7. The first-order chi connectivity index (χ1) is 23.5. The van der Waals surface area contributed by atoms with Gasteiger partial charge in [-0.1, -0.05) is 6.07 Å². The maximum Gasteiger partial charge on any atom is 0.314 e. The van der Waals surface area contributed by atoms with Crippen molar-refractivity contribution in [1.82, 2.24) is 5.16 Å². The largest absolute Gasteiger partial charge is 0.507 e. The Morgan fingerprint density at radius 1 is 0.939 bits per heavy atom. The summed E-state index contributed by atoms with van der Waals surface area (Å²) in [6.07, 6.45) is 4.34. The van der Waals surface area contributed by atoms with Crippen LogP contribution in [0.3, 0.4) is 0 Å². The van der Waals surface area contributed by atoms with E-state index in [0.29, 0.717) is 39.5 Å². The molecule has 1 aliphatic rings. The molecular formula is C37H41NO11. The fourth-order valence-corrected chi connectivity index (χ4v) is 5.29. The van der Waals surface area contributed by atoms with E-state index >= 15 is 0 Å². The highest BCUT2D eigenvalue weighted by Gasteiger charge is 2.24. The zero-order valence-electron chi connectivity index (χ0n) is 28.1. The smallest absolute Gasteiger partial charge is 0.314 e. The van der Waals surface area contributed by atoms with Crippen molar-refractivity contribution >= 4 is 28.7 Å². The monoisotopic (exact) mass is 675 g/mol. The lowest BCUT2D eigenvalue weighted by Crippen LogP contribution is -2.24. The van der Waals surface area contributed by atoms with Crippen molar-refractivity contribution in [3.8, 4) is 23.1 Å². The molecule has 0 aliphatic heterocycles. The van der Waals surface area contributed by atoms with Crippen molar-refractivity contribution in [2.75, 3.05) is 20.7 Å². The zero-order valence-corrected chi connectivity index (χ0v) is 28.1. The van der Waals surface area contributed by atoms with Crippen LogP contribution in [0.5, 0.6) is 23.1 Å². The Morgan fingerprint density at radius 2 is 1.73 bits per heavy atom. The molecule has 1 aliphatic carbocycles. The number of fused-ring (bicyclic) bond motifs is 1. The minimum Gasteiger partial charge on any atom is -0.507 e. The maximum atomic E-state index is 13.6. The maximum absolute atomic E-state index is 13.6. The second-order valence-corrected chi connectivity index (χ2v) is 12.8. The number of hydrogen-bond donors (Lipinski definition) is 1. The van der Waals surface area contributed by atoms with E-state index < -0.39 is 29.9 Å². The van der Waals surface area contributed by atoms with Gasteiger partial charge in [0.15, 0.2) is 18.2 Å². The number of carbonyl (C=O) groups is 3. The number of ketones is 1. The topological polar surface area (TPSA) is 153 Å². The first kappa shape index (κ1) is 35.2. The molecule has 0 radical (unpaired) electrons. The van der Waals surface area contributed by atoms with Gasteiger partial charge in [-0.2, -0.15) is 0 Å². The zero-order chi connectivity index (χ0) is 35.0. The van der Waals surface area contributed by atoms with Gasteiger partial charge >= 0.3 is 11.9 Å². The summed E-state index contributed by atoms with van der Waals surface area (Å²) in [6.45, 7) is 4.76. The third-order valence-electron chi connectivity index (χ3n) is 7.97. The van der Waals surface area contributed by atoms with Crippen molar-refractivity contribution in [1.29, 1.82) is 0 Å². The number of phenolic OH excluding ortho intramolecular Hbond substituents is 1. The molecule has 0 bridgehead atoms. The van der Waals surface area contributed by atoms with Gasteiger partial charge in [-0.05, 0) is 112 Å². The number of ether oxygens (including phenoxy) is 6. The predicted molar refractivity (Wildman–Crippen MR) is 177 cm³/mol. The van der Waals surface area contributed by atoms with Crippen LogP contribution in [0, 0.1) is 5.41 Å². The number of methoxy groups -OCH3 is 1. The molecule has 12 nitrogen and oxygen atoms in total. The van der Waals surface area contributed by atoms with Crippen LogP contribution < -0.4 is 14.2 Å². The third-order valence-corrected chi connectivity index (χ3v) is 7.97. The van der Waals surface area contributed by atoms with Crippen molar-refractivity contribution in [2.45, 2.75) is 72.0 Å². The molecule has 1 N–H and O–H groups in total. The van der Waals surface area contributed by atoms with E-state index in [4.69, 9.17) is 32.9 Å². The van der Waals surface area contributed by atoms with Crippen LogP contribution in [0.15, 0.2) is 59.1 Å². The normalized spacial score (nSPS) is 13.3. The Morgan fingerprint density at radius 3 is 2.47 bits per heavy atom. The number of hydrogen-bond acceptors (Lipinski definition) is 12. The highest BCUT2D eigenvalue weighted by Crippen LogP contribution is 2.32. The molecule has 0 saturated heterocycles. The third kappa shape index (κ3) is 9.29. The van der Waals surface area contributed by atoms with E-state index in [0.717, 1.165) is 31.2 Å². The standard InChI is InChI=1S/C37H41NO11/c1-37(2,3)36(42)47-22-45-33(40)16-11-24-18-25(34(41)28-14-12-27(19-30(28)39)48-26-7-5-6-8-26)10-15-31(24)44-20-23-9-13-29-32(17-23)49-38-35(29)46-21-43-4/h9-10,12-15,17-19,26,39H,5-8,11,16,20-22H2,1-4H3. The molecule has 12 heteroatoms. The molecule has 0 amide bonds. The minimum absolute atomic E-state index is 0.0309. The number of aromatic nitrogens is 1. The number of aromatic hydroxyl groups is 1. The summed E-state index contributed by atoms with van der Waals surface area (Å²) in [5.41, 5.74) is 1.52. The van der Waals surface area contributed by atoms with Gasteiger partial charge in [-0.3, -0.25) is 14.4 Å². The lowest BCUT2D eigenvalue weighted by atomic mass is 9.98. The first-order valence-corrected chi connectivity index (χ1v) is 16.1. The predicted octanol–water partition coefficient (Wildman–Crippen LogP) is 6.67. The second-order valence-electron chi connectivity index (χ2n) is 12.8. The minimum atomic E-state index is -0.735. The quantitative estimate of drug-likeness (QED) is 0.0813. The van der Waals surface area contributed by atoms with E-state index in [2.05, 4.69) is 5.16 Å². The lowest BCUT2D eigenvalue weighted by Gasteiger charge is -2.16. The van der Waals surface area contributed by atoms with Crippen LogP contribution in [-0.2, 0) is 36.8 Å². The molecule has 49 heavy (non-hydrogen) atoms. The molecule has 1 saturated carbocycles. The van der Waals surface area contributed by atoms with Gasteiger partial charge in [0.1, 0.15) is 23.9 Å². The van der Waals surface area contributed by atoms with Crippen LogP contribution in [0.4, 0.5) is 0 Å². The average molecular weight is 676 g/mol. The molecule has 1 heterocycles.